The minimum Gasteiger partial charge on any atom is -0.317 e. The van der Waals surface area contributed by atoms with Gasteiger partial charge in [-0.2, -0.15) is 0 Å². The molecule has 0 saturated heterocycles. The van der Waals surface area contributed by atoms with Crippen molar-refractivity contribution in [3.8, 4) is 0 Å². The summed E-state index contributed by atoms with van der Waals surface area (Å²) >= 11 is 0. The van der Waals surface area contributed by atoms with Crippen LogP contribution < -0.4 is 5.32 Å². The second-order valence-electron chi connectivity index (χ2n) is 3.95. The molecule has 0 heterocycles. The van der Waals surface area contributed by atoms with Crippen LogP contribution in [-0.2, 0) is 0 Å². The highest BCUT2D eigenvalue weighted by Gasteiger charge is 1.92. The molecule has 0 bridgehead atoms. The third-order valence-electron chi connectivity index (χ3n) is 1.64. The van der Waals surface area contributed by atoms with Crippen LogP contribution in [0.15, 0.2) is 0 Å². The van der Waals surface area contributed by atoms with E-state index >= 15 is 0 Å². The van der Waals surface area contributed by atoms with Gasteiger partial charge >= 0.3 is 0 Å². The first-order valence-electron chi connectivity index (χ1n) is 5.89. The fraction of sp³-hybridized carbons (Fsp3) is 1.00. The van der Waals surface area contributed by atoms with E-state index in [0.29, 0.717) is 0 Å². The first-order valence-corrected chi connectivity index (χ1v) is 5.89. The summed E-state index contributed by atoms with van der Waals surface area (Å²) < 4.78 is 0. The largest absolute Gasteiger partial charge is 0.317 e. The van der Waals surface area contributed by atoms with Crippen molar-refractivity contribution in [1.29, 1.82) is 0 Å². The SMILES string of the molecule is CCC.CCNCCCCC(C)C. The number of unbranched alkanes of at least 4 members (excludes halogenated alkanes) is 1. The molecule has 0 spiro atoms. The molecule has 0 saturated carbocycles. The van der Waals surface area contributed by atoms with E-state index in [2.05, 4.69) is 39.9 Å². The van der Waals surface area contributed by atoms with Crippen molar-refractivity contribution in [2.45, 2.75) is 60.3 Å². The summed E-state index contributed by atoms with van der Waals surface area (Å²) in [5.74, 6) is 0.877. The monoisotopic (exact) mass is 187 g/mol. The quantitative estimate of drug-likeness (QED) is 0.623. The van der Waals surface area contributed by atoms with Crippen molar-refractivity contribution in [2.75, 3.05) is 13.1 Å². The molecule has 0 aromatic carbocycles. The van der Waals surface area contributed by atoms with Gasteiger partial charge in [0.1, 0.15) is 0 Å². The Bertz CT molecular complexity index is 69.5. The average molecular weight is 187 g/mol. The zero-order valence-electron chi connectivity index (χ0n) is 10.3. The maximum Gasteiger partial charge on any atom is -0.00490 e. The van der Waals surface area contributed by atoms with Gasteiger partial charge in [-0.25, -0.2) is 0 Å². The molecule has 82 valence electrons. The number of nitrogens with one attached hydrogen (secondary N) is 1. The lowest BCUT2D eigenvalue weighted by atomic mass is 10.1. The third kappa shape index (κ3) is 24.5. The van der Waals surface area contributed by atoms with Crippen molar-refractivity contribution < 1.29 is 0 Å². The number of rotatable bonds is 6. The van der Waals surface area contributed by atoms with Crippen molar-refractivity contribution >= 4 is 0 Å². The van der Waals surface area contributed by atoms with Gasteiger partial charge in [-0.05, 0) is 25.4 Å². The summed E-state index contributed by atoms with van der Waals surface area (Å²) in [6, 6.07) is 0. The van der Waals surface area contributed by atoms with Gasteiger partial charge in [0.15, 0.2) is 0 Å². The zero-order valence-corrected chi connectivity index (χ0v) is 10.3. The third-order valence-corrected chi connectivity index (χ3v) is 1.64. The van der Waals surface area contributed by atoms with Crippen molar-refractivity contribution in [3.63, 3.8) is 0 Å². The molecule has 0 atom stereocenters. The molecule has 0 fully saturated rings. The molecule has 0 aliphatic rings. The highest BCUT2D eigenvalue weighted by Crippen LogP contribution is 2.04. The van der Waals surface area contributed by atoms with Crippen LogP contribution in [0, 0.1) is 5.92 Å². The van der Waals surface area contributed by atoms with Crippen LogP contribution in [-0.4, -0.2) is 13.1 Å². The minimum atomic E-state index is 0.877. The molecule has 1 nitrogen and oxygen atoms in total. The summed E-state index contributed by atoms with van der Waals surface area (Å²) in [6.45, 7) is 13.3. The van der Waals surface area contributed by atoms with E-state index in [4.69, 9.17) is 0 Å². The molecule has 1 heteroatoms. The highest BCUT2D eigenvalue weighted by atomic mass is 14.8. The molecular formula is C12H29N. The van der Waals surface area contributed by atoms with Gasteiger partial charge < -0.3 is 5.32 Å². The van der Waals surface area contributed by atoms with E-state index in [9.17, 15) is 0 Å². The number of hydrogen-bond acceptors (Lipinski definition) is 1. The van der Waals surface area contributed by atoms with E-state index in [-0.39, 0.29) is 0 Å². The molecular weight excluding hydrogens is 158 g/mol. The van der Waals surface area contributed by atoms with Crippen molar-refractivity contribution in [3.05, 3.63) is 0 Å². The topological polar surface area (TPSA) is 12.0 Å². The molecule has 0 aromatic heterocycles. The maximum absolute atomic E-state index is 3.32. The summed E-state index contributed by atoms with van der Waals surface area (Å²) in [7, 11) is 0. The smallest absolute Gasteiger partial charge is 0.00490 e. The van der Waals surface area contributed by atoms with E-state index in [0.717, 1.165) is 12.5 Å². The molecule has 0 unspecified atom stereocenters. The lowest BCUT2D eigenvalue weighted by molar-refractivity contribution is 0.524. The molecule has 1 N–H and O–H groups in total. The predicted molar refractivity (Wildman–Crippen MR) is 63.2 cm³/mol. The van der Waals surface area contributed by atoms with Gasteiger partial charge in [0, 0.05) is 0 Å². The first kappa shape index (κ1) is 15.4. The molecule has 0 aliphatic heterocycles. The van der Waals surface area contributed by atoms with E-state index < -0.39 is 0 Å². The summed E-state index contributed by atoms with van der Waals surface area (Å²) in [4.78, 5) is 0. The molecule has 0 rings (SSSR count). The van der Waals surface area contributed by atoms with E-state index in [1.54, 1.807) is 0 Å². The molecule has 0 radical (unpaired) electrons. The maximum atomic E-state index is 3.32. The van der Waals surface area contributed by atoms with E-state index in [1.165, 1.54) is 32.2 Å². The summed E-state index contributed by atoms with van der Waals surface area (Å²) in [5, 5.41) is 3.32. The first-order chi connectivity index (χ1) is 6.18. The predicted octanol–water partition coefficient (Wildman–Crippen LogP) is 3.84. The molecule has 0 aromatic rings. The Hall–Kier alpha value is -0.0400. The van der Waals surface area contributed by atoms with Crippen LogP contribution in [0.3, 0.4) is 0 Å². The van der Waals surface area contributed by atoms with Crippen LogP contribution in [0.5, 0.6) is 0 Å². The normalized spacial score (nSPS) is 9.69. The fourth-order valence-corrected chi connectivity index (χ4v) is 0.979. The molecule has 0 amide bonds. The van der Waals surface area contributed by atoms with Crippen LogP contribution in [0.1, 0.15) is 60.3 Å². The van der Waals surface area contributed by atoms with Gasteiger partial charge in [0.2, 0.25) is 0 Å². The van der Waals surface area contributed by atoms with Crippen LogP contribution >= 0.6 is 0 Å². The summed E-state index contributed by atoms with van der Waals surface area (Å²) in [6.07, 6.45) is 5.35. The Morgan fingerprint density at radius 1 is 1.00 bits per heavy atom. The van der Waals surface area contributed by atoms with Crippen LogP contribution in [0.25, 0.3) is 0 Å². The van der Waals surface area contributed by atoms with Gasteiger partial charge in [-0.3, -0.25) is 0 Å². The lowest BCUT2D eigenvalue weighted by Gasteiger charge is -2.03. The van der Waals surface area contributed by atoms with Crippen LogP contribution in [0.2, 0.25) is 0 Å². The van der Waals surface area contributed by atoms with Crippen molar-refractivity contribution in [2.24, 2.45) is 5.92 Å². The standard InChI is InChI=1S/C9H21N.C3H8/c1-4-10-8-6-5-7-9(2)3;1-3-2/h9-10H,4-8H2,1-3H3;3H2,1-2H3. The lowest BCUT2D eigenvalue weighted by Crippen LogP contribution is -2.13. The van der Waals surface area contributed by atoms with E-state index in [1.807, 2.05) is 0 Å². The Labute approximate surface area is 85.3 Å². The Balaban J connectivity index is 0. The highest BCUT2D eigenvalue weighted by molar-refractivity contribution is 4.48. The van der Waals surface area contributed by atoms with Crippen LogP contribution in [0.4, 0.5) is 0 Å². The van der Waals surface area contributed by atoms with Gasteiger partial charge in [-0.15, -0.1) is 0 Å². The Morgan fingerprint density at radius 3 is 1.92 bits per heavy atom. The Morgan fingerprint density at radius 2 is 1.54 bits per heavy atom. The second-order valence-corrected chi connectivity index (χ2v) is 3.95. The van der Waals surface area contributed by atoms with Gasteiger partial charge in [0.05, 0.1) is 0 Å². The fourth-order valence-electron chi connectivity index (χ4n) is 0.979. The minimum absolute atomic E-state index is 0.877. The van der Waals surface area contributed by atoms with Gasteiger partial charge in [-0.1, -0.05) is 53.9 Å². The molecule has 0 aliphatic carbocycles. The Kier molecular flexibility index (Phi) is 17.2. The zero-order chi connectivity index (χ0) is 10.5. The van der Waals surface area contributed by atoms with Gasteiger partial charge in [0.25, 0.3) is 0 Å². The number of hydrogen-bond donors (Lipinski definition) is 1. The second kappa shape index (κ2) is 14.5. The van der Waals surface area contributed by atoms with Crippen molar-refractivity contribution in [1.82, 2.24) is 5.32 Å². The molecule has 13 heavy (non-hydrogen) atoms. The summed E-state index contributed by atoms with van der Waals surface area (Å²) in [5.41, 5.74) is 0. The average Bonchev–Trinajstić information content (AvgIpc) is 2.05.